The number of ether oxygens (including phenoxy) is 2. The molecule has 76 heavy (non-hydrogen) atoms. The van der Waals surface area contributed by atoms with E-state index >= 15 is 0 Å². The fourth-order valence-electron chi connectivity index (χ4n) is 8.61. The van der Waals surface area contributed by atoms with Crippen LogP contribution in [0.4, 0.5) is 0 Å². The lowest BCUT2D eigenvalue weighted by Crippen LogP contribution is -2.37. The number of carbonyl (C=O) groups excluding carboxylic acids is 2. The largest absolute Gasteiger partial charge is 0.472 e. The van der Waals surface area contributed by atoms with Crippen molar-refractivity contribution in [2.45, 2.75) is 277 Å². The van der Waals surface area contributed by atoms with Crippen molar-refractivity contribution < 1.29 is 42.1 Å². The highest BCUT2D eigenvalue weighted by atomic mass is 31.2. The van der Waals surface area contributed by atoms with Crippen molar-refractivity contribution in [2.75, 3.05) is 47.5 Å². The number of hydrogen-bond acceptors (Lipinski definition) is 7. The van der Waals surface area contributed by atoms with Gasteiger partial charge in [0.2, 0.25) is 0 Å². The Kier molecular flexibility index (Phi) is 54.8. The van der Waals surface area contributed by atoms with E-state index in [-0.39, 0.29) is 32.0 Å². The molecule has 0 fully saturated rings. The van der Waals surface area contributed by atoms with E-state index in [9.17, 15) is 19.0 Å². The Morgan fingerprint density at radius 1 is 0.421 bits per heavy atom. The summed E-state index contributed by atoms with van der Waals surface area (Å²) in [5, 5.41) is 0. The number of hydrogen-bond donors (Lipinski definition) is 1. The van der Waals surface area contributed by atoms with Crippen LogP contribution < -0.4 is 0 Å². The van der Waals surface area contributed by atoms with E-state index in [4.69, 9.17) is 18.5 Å². The molecule has 2 unspecified atom stereocenters. The van der Waals surface area contributed by atoms with Crippen molar-refractivity contribution >= 4 is 19.8 Å². The summed E-state index contributed by atoms with van der Waals surface area (Å²) in [5.74, 6) is -0.861. The number of nitrogens with zero attached hydrogens (tertiary/aromatic N) is 1. The molecular formula is C66H119NO8P+. The zero-order valence-electron chi connectivity index (χ0n) is 50.0. The summed E-state index contributed by atoms with van der Waals surface area (Å²) in [6.45, 7) is 4.26. The van der Waals surface area contributed by atoms with Crippen molar-refractivity contribution in [2.24, 2.45) is 0 Å². The van der Waals surface area contributed by atoms with Gasteiger partial charge in [-0.2, -0.15) is 0 Å². The molecule has 0 rings (SSSR count). The molecule has 440 valence electrons. The first-order chi connectivity index (χ1) is 37.0. The van der Waals surface area contributed by atoms with Crippen LogP contribution in [-0.2, 0) is 32.7 Å². The Bertz CT molecular complexity index is 1560. The van der Waals surface area contributed by atoms with Crippen LogP contribution >= 0.6 is 7.82 Å². The van der Waals surface area contributed by atoms with Gasteiger partial charge in [0, 0.05) is 12.8 Å². The van der Waals surface area contributed by atoms with Crippen LogP contribution in [0, 0.1) is 0 Å². The summed E-state index contributed by atoms with van der Waals surface area (Å²) in [6, 6.07) is 0. The van der Waals surface area contributed by atoms with Crippen LogP contribution in [0.3, 0.4) is 0 Å². The van der Waals surface area contributed by atoms with Crippen LogP contribution in [0.5, 0.6) is 0 Å². The second-order valence-electron chi connectivity index (χ2n) is 22.1. The highest BCUT2D eigenvalue weighted by Crippen LogP contribution is 2.43. The van der Waals surface area contributed by atoms with E-state index in [2.05, 4.69) is 92.8 Å². The molecule has 0 aromatic carbocycles. The topological polar surface area (TPSA) is 108 Å². The zero-order chi connectivity index (χ0) is 55.6. The minimum atomic E-state index is -4.40. The van der Waals surface area contributed by atoms with E-state index in [1.807, 2.05) is 27.2 Å². The maximum Gasteiger partial charge on any atom is 0.472 e. The predicted octanol–water partition coefficient (Wildman–Crippen LogP) is 19.8. The molecule has 0 aliphatic rings. The van der Waals surface area contributed by atoms with Crippen molar-refractivity contribution in [3.8, 4) is 0 Å². The SMILES string of the molecule is CC/C=C\C/C=C\C/C=C\C/C=C\C/C=C\CCCC(=O)OC(COC(=O)CCCCCCCCCCCCCCCCCCCCCCCCC/C=C\C/C=C\CCCCCCC)COP(=O)(O)OCC[N+](C)(C)C. The molecule has 0 saturated heterocycles. The standard InChI is InChI=1S/C66H118NO8P/c1-6-8-10-12-14-16-18-20-22-24-25-26-27-28-29-30-31-32-33-34-35-36-37-38-39-40-41-43-44-46-48-50-52-54-56-58-65(68)72-62-64(63-74-76(70,71)73-61-60-67(3,4)5)75-66(69)59-57-55-53-51-49-47-45-42-23-21-19-17-15-13-11-9-7-2/h9,11,15,17-18,20-21,23-25,45,47,51,53,64H,6-8,10,12-14,16,19,22,26-44,46,48-50,52,54-63H2,1-5H3/p+1/b11-9-,17-15-,20-18-,23-21-,25-24-,47-45-,53-51-. The molecule has 0 aliphatic heterocycles. The highest BCUT2D eigenvalue weighted by Gasteiger charge is 2.27. The molecule has 0 bridgehead atoms. The van der Waals surface area contributed by atoms with Crippen LogP contribution in [0.15, 0.2) is 85.1 Å². The molecule has 1 N–H and O–H groups in total. The molecule has 0 aromatic heterocycles. The number of esters is 2. The van der Waals surface area contributed by atoms with Crippen LogP contribution in [0.25, 0.3) is 0 Å². The Labute approximate surface area is 469 Å². The Morgan fingerprint density at radius 3 is 1.16 bits per heavy atom. The Morgan fingerprint density at radius 2 is 0.763 bits per heavy atom. The normalized spacial score (nSPS) is 13.8. The fraction of sp³-hybridized carbons (Fsp3) is 0.758. The van der Waals surface area contributed by atoms with Crippen LogP contribution in [-0.4, -0.2) is 74.9 Å². The van der Waals surface area contributed by atoms with Gasteiger partial charge in [-0.05, 0) is 83.5 Å². The number of likely N-dealkylation sites (N-methyl/N-ethyl adjacent to an activating group) is 1. The third-order valence-electron chi connectivity index (χ3n) is 13.4. The molecule has 10 heteroatoms. The molecule has 0 heterocycles. The summed E-state index contributed by atoms with van der Waals surface area (Å²) >= 11 is 0. The van der Waals surface area contributed by atoms with Crippen molar-refractivity contribution in [3.63, 3.8) is 0 Å². The monoisotopic (exact) mass is 1080 g/mol. The van der Waals surface area contributed by atoms with Gasteiger partial charge in [-0.15, -0.1) is 0 Å². The average Bonchev–Trinajstić information content (AvgIpc) is 3.38. The first-order valence-corrected chi connectivity index (χ1v) is 32.8. The second-order valence-corrected chi connectivity index (χ2v) is 23.5. The van der Waals surface area contributed by atoms with Gasteiger partial charge in [-0.1, -0.05) is 259 Å². The number of carbonyl (C=O) groups is 2. The summed E-state index contributed by atoms with van der Waals surface area (Å²) in [7, 11) is 1.44. The van der Waals surface area contributed by atoms with Crippen LogP contribution in [0.1, 0.15) is 271 Å². The Hall–Kier alpha value is -2.81. The van der Waals surface area contributed by atoms with E-state index in [0.717, 1.165) is 57.8 Å². The zero-order valence-corrected chi connectivity index (χ0v) is 50.9. The van der Waals surface area contributed by atoms with Crippen molar-refractivity contribution in [1.82, 2.24) is 0 Å². The lowest BCUT2D eigenvalue weighted by Gasteiger charge is -2.24. The molecule has 0 spiro atoms. The molecular weight excluding hydrogens is 966 g/mol. The van der Waals surface area contributed by atoms with Gasteiger partial charge in [-0.3, -0.25) is 18.6 Å². The van der Waals surface area contributed by atoms with Gasteiger partial charge in [-0.25, -0.2) is 4.57 Å². The van der Waals surface area contributed by atoms with Gasteiger partial charge in [0.25, 0.3) is 0 Å². The summed E-state index contributed by atoms with van der Waals surface area (Å²) in [6.07, 6.45) is 77.0. The number of quaternary nitrogens is 1. The third kappa shape index (κ3) is 60.4. The minimum Gasteiger partial charge on any atom is -0.462 e. The van der Waals surface area contributed by atoms with Gasteiger partial charge < -0.3 is 18.9 Å². The average molecular weight is 1090 g/mol. The van der Waals surface area contributed by atoms with E-state index in [1.54, 1.807) is 0 Å². The Balaban J connectivity index is 4.02. The molecule has 0 amide bonds. The minimum absolute atomic E-state index is 0.0187. The number of phosphoric acid groups is 1. The quantitative estimate of drug-likeness (QED) is 0.0211. The number of unbranched alkanes of at least 4 members (excludes halogenated alkanes) is 29. The van der Waals surface area contributed by atoms with Gasteiger partial charge in [0.05, 0.1) is 27.7 Å². The van der Waals surface area contributed by atoms with E-state index in [1.165, 1.54) is 173 Å². The first kappa shape index (κ1) is 73.2. The first-order valence-electron chi connectivity index (χ1n) is 31.3. The molecule has 0 aliphatic carbocycles. The molecule has 0 radical (unpaired) electrons. The maximum atomic E-state index is 12.8. The molecule has 0 aromatic rings. The van der Waals surface area contributed by atoms with E-state index in [0.29, 0.717) is 23.9 Å². The summed E-state index contributed by atoms with van der Waals surface area (Å²) < 4.78 is 34.5. The summed E-state index contributed by atoms with van der Waals surface area (Å²) in [4.78, 5) is 35.7. The molecule has 2 atom stereocenters. The van der Waals surface area contributed by atoms with Gasteiger partial charge >= 0.3 is 19.8 Å². The smallest absolute Gasteiger partial charge is 0.462 e. The highest BCUT2D eigenvalue weighted by molar-refractivity contribution is 7.47. The summed E-state index contributed by atoms with van der Waals surface area (Å²) in [5.41, 5.74) is 0. The third-order valence-corrected chi connectivity index (χ3v) is 14.4. The van der Waals surface area contributed by atoms with Gasteiger partial charge in [0.15, 0.2) is 6.10 Å². The lowest BCUT2D eigenvalue weighted by molar-refractivity contribution is -0.870. The predicted molar refractivity (Wildman–Crippen MR) is 325 cm³/mol. The van der Waals surface area contributed by atoms with Gasteiger partial charge in [0.1, 0.15) is 19.8 Å². The lowest BCUT2D eigenvalue weighted by atomic mass is 10.0. The second kappa shape index (κ2) is 56.9. The number of phosphoric ester groups is 1. The van der Waals surface area contributed by atoms with E-state index < -0.39 is 26.5 Å². The van der Waals surface area contributed by atoms with Crippen LogP contribution in [0.2, 0.25) is 0 Å². The molecule has 9 nitrogen and oxygen atoms in total. The number of rotatable bonds is 57. The maximum absolute atomic E-state index is 12.8. The van der Waals surface area contributed by atoms with Crippen molar-refractivity contribution in [3.05, 3.63) is 85.1 Å². The number of allylic oxidation sites excluding steroid dienone is 14. The fourth-order valence-corrected chi connectivity index (χ4v) is 9.35. The van der Waals surface area contributed by atoms with Crippen molar-refractivity contribution in [1.29, 1.82) is 0 Å². The molecule has 0 saturated carbocycles.